The molecule has 0 radical (unpaired) electrons. The Morgan fingerprint density at radius 2 is 1.58 bits per heavy atom. The van der Waals surface area contributed by atoms with E-state index in [0.717, 1.165) is 5.56 Å². The lowest BCUT2D eigenvalue weighted by atomic mass is 10.0. The lowest BCUT2D eigenvalue weighted by Crippen LogP contribution is -2.10. The molecule has 2 aromatic carbocycles. The second-order valence-corrected chi connectivity index (χ2v) is 4.81. The van der Waals surface area contributed by atoms with E-state index in [4.69, 9.17) is 0 Å². The van der Waals surface area contributed by atoms with Crippen LogP contribution in [0, 0.1) is 25.5 Å². The number of anilines is 1. The van der Waals surface area contributed by atoms with E-state index in [2.05, 4.69) is 5.32 Å². The van der Waals surface area contributed by atoms with E-state index in [1.807, 2.05) is 39.0 Å². The van der Waals surface area contributed by atoms with Crippen LogP contribution in [0.15, 0.2) is 36.4 Å². The molecule has 0 aliphatic heterocycles. The van der Waals surface area contributed by atoms with Gasteiger partial charge in [0, 0.05) is 6.04 Å². The van der Waals surface area contributed by atoms with Crippen molar-refractivity contribution in [3.8, 4) is 0 Å². The number of hydrogen-bond donors (Lipinski definition) is 1. The van der Waals surface area contributed by atoms with Gasteiger partial charge in [-0.1, -0.05) is 24.3 Å². The third kappa shape index (κ3) is 2.92. The van der Waals surface area contributed by atoms with Crippen molar-refractivity contribution < 1.29 is 8.78 Å². The number of nitrogens with one attached hydrogen (secondary N) is 1. The predicted molar refractivity (Wildman–Crippen MR) is 74.3 cm³/mol. The Kier molecular flexibility index (Phi) is 3.84. The van der Waals surface area contributed by atoms with E-state index < -0.39 is 11.6 Å². The molecule has 0 aliphatic rings. The number of hydrogen-bond acceptors (Lipinski definition) is 1. The van der Waals surface area contributed by atoms with Gasteiger partial charge in [0.25, 0.3) is 0 Å². The van der Waals surface area contributed by atoms with Gasteiger partial charge in [-0.2, -0.15) is 0 Å². The third-order valence-electron chi connectivity index (χ3n) is 3.35. The van der Waals surface area contributed by atoms with Crippen LogP contribution in [0.3, 0.4) is 0 Å². The topological polar surface area (TPSA) is 12.0 Å². The molecule has 0 spiro atoms. The summed E-state index contributed by atoms with van der Waals surface area (Å²) >= 11 is 0. The molecule has 0 bridgehead atoms. The summed E-state index contributed by atoms with van der Waals surface area (Å²) in [7, 11) is 0. The molecule has 1 nitrogen and oxygen atoms in total. The molecule has 0 aliphatic carbocycles. The molecule has 1 unspecified atom stereocenters. The van der Waals surface area contributed by atoms with Gasteiger partial charge in [0.1, 0.15) is 17.3 Å². The van der Waals surface area contributed by atoms with Gasteiger partial charge in [-0.05, 0) is 49.6 Å². The predicted octanol–water partition coefficient (Wildman–Crippen LogP) is 4.75. The van der Waals surface area contributed by atoms with Crippen LogP contribution < -0.4 is 5.32 Å². The first-order chi connectivity index (χ1) is 8.99. The highest BCUT2D eigenvalue weighted by Crippen LogP contribution is 2.25. The van der Waals surface area contributed by atoms with Crippen LogP contribution in [0.5, 0.6) is 0 Å². The fraction of sp³-hybridized carbons (Fsp3) is 0.250. The van der Waals surface area contributed by atoms with Crippen LogP contribution in [0.1, 0.15) is 29.7 Å². The molecule has 1 atom stereocenters. The molecule has 2 aromatic rings. The average molecular weight is 261 g/mol. The van der Waals surface area contributed by atoms with Gasteiger partial charge in [-0.25, -0.2) is 8.78 Å². The Balaban J connectivity index is 2.25. The Bertz CT molecular complexity index is 573. The zero-order chi connectivity index (χ0) is 14.0. The first-order valence-corrected chi connectivity index (χ1v) is 6.26. The first-order valence-electron chi connectivity index (χ1n) is 6.26. The van der Waals surface area contributed by atoms with E-state index in [1.165, 1.54) is 29.3 Å². The van der Waals surface area contributed by atoms with Crippen LogP contribution >= 0.6 is 0 Å². The van der Waals surface area contributed by atoms with Crippen molar-refractivity contribution in [3.05, 3.63) is 64.7 Å². The van der Waals surface area contributed by atoms with Crippen molar-refractivity contribution in [1.82, 2.24) is 0 Å². The van der Waals surface area contributed by atoms with Crippen molar-refractivity contribution >= 4 is 5.69 Å². The van der Waals surface area contributed by atoms with E-state index in [9.17, 15) is 8.78 Å². The highest BCUT2D eigenvalue weighted by Gasteiger charge is 2.12. The molecule has 0 heterocycles. The standard InChI is InChI=1S/C16H17F2N/c1-10-7-8-13(9-11(10)2)12(3)19-16-14(17)5-4-6-15(16)18/h4-9,12,19H,1-3H3. The maximum Gasteiger partial charge on any atom is 0.149 e. The van der Waals surface area contributed by atoms with Crippen molar-refractivity contribution in [1.29, 1.82) is 0 Å². The lowest BCUT2D eigenvalue weighted by Gasteiger charge is -2.17. The summed E-state index contributed by atoms with van der Waals surface area (Å²) in [6.45, 7) is 5.94. The summed E-state index contributed by atoms with van der Waals surface area (Å²) in [5.41, 5.74) is 3.30. The fourth-order valence-corrected chi connectivity index (χ4v) is 1.97. The van der Waals surface area contributed by atoms with Crippen LogP contribution in [0.25, 0.3) is 0 Å². The normalized spacial score (nSPS) is 12.3. The molecule has 0 saturated heterocycles. The zero-order valence-corrected chi connectivity index (χ0v) is 11.3. The van der Waals surface area contributed by atoms with Gasteiger partial charge in [-0.15, -0.1) is 0 Å². The molecule has 2 rings (SSSR count). The Morgan fingerprint density at radius 3 is 2.16 bits per heavy atom. The van der Waals surface area contributed by atoms with Crippen molar-refractivity contribution in [2.45, 2.75) is 26.8 Å². The molecular weight excluding hydrogens is 244 g/mol. The molecule has 0 saturated carbocycles. The second kappa shape index (κ2) is 5.39. The van der Waals surface area contributed by atoms with Gasteiger partial charge in [0.15, 0.2) is 0 Å². The van der Waals surface area contributed by atoms with E-state index in [-0.39, 0.29) is 11.7 Å². The summed E-state index contributed by atoms with van der Waals surface area (Å²) in [6, 6.07) is 9.71. The van der Waals surface area contributed by atoms with Gasteiger partial charge in [0.05, 0.1) is 0 Å². The Hall–Kier alpha value is -1.90. The quantitative estimate of drug-likeness (QED) is 0.840. The average Bonchev–Trinajstić information content (AvgIpc) is 2.37. The van der Waals surface area contributed by atoms with Gasteiger partial charge in [0.2, 0.25) is 0 Å². The molecule has 0 amide bonds. The molecule has 100 valence electrons. The largest absolute Gasteiger partial charge is 0.374 e. The minimum absolute atomic E-state index is 0.0757. The number of aryl methyl sites for hydroxylation is 2. The molecule has 3 heteroatoms. The molecule has 1 N–H and O–H groups in total. The van der Waals surface area contributed by atoms with Crippen LogP contribution in [-0.2, 0) is 0 Å². The smallest absolute Gasteiger partial charge is 0.149 e. The SMILES string of the molecule is Cc1ccc(C(C)Nc2c(F)cccc2F)cc1C. The minimum atomic E-state index is -0.573. The number of benzene rings is 2. The summed E-state index contributed by atoms with van der Waals surface area (Å²) in [5.74, 6) is -1.15. The summed E-state index contributed by atoms with van der Waals surface area (Å²) in [5, 5.41) is 2.89. The highest BCUT2D eigenvalue weighted by molar-refractivity contribution is 5.48. The Morgan fingerprint density at radius 1 is 0.947 bits per heavy atom. The summed E-state index contributed by atoms with van der Waals surface area (Å²) < 4.78 is 27.1. The van der Waals surface area contributed by atoms with Gasteiger partial charge in [-0.3, -0.25) is 0 Å². The molecule has 0 aromatic heterocycles. The van der Waals surface area contributed by atoms with Crippen molar-refractivity contribution in [2.75, 3.05) is 5.32 Å². The minimum Gasteiger partial charge on any atom is -0.374 e. The number of para-hydroxylation sites is 1. The van der Waals surface area contributed by atoms with Gasteiger partial charge < -0.3 is 5.32 Å². The number of halogens is 2. The van der Waals surface area contributed by atoms with Crippen LogP contribution in [0.2, 0.25) is 0 Å². The highest BCUT2D eigenvalue weighted by atomic mass is 19.1. The van der Waals surface area contributed by atoms with Crippen molar-refractivity contribution in [2.24, 2.45) is 0 Å². The lowest BCUT2D eigenvalue weighted by molar-refractivity contribution is 0.584. The van der Waals surface area contributed by atoms with E-state index in [0.29, 0.717) is 0 Å². The van der Waals surface area contributed by atoms with Gasteiger partial charge >= 0.3 is 0 Å². The first kappa shape index (κ1) is 13.5. The third-order valence-corrected chi connectivity index (χ3v) is 3.35. The van der Waals surface area contributed by atoms with E-state index >= 15 is 0 Å². The van der Waals surface area contributed by atoms with Crippen LogP contribution in [0.4, 0.5) is 14.5 Å². The monoisotopic (exact) mass is 261 g/mol. The van der Waals surface area contributed by atoms with Crippen molar-refractivity contribution in [3.63, 3.8) is 0 Å². The molecule has 19 heavy (non-hydrogen) atoms. The second-order valence-electron chi connectivity index (χ2n) is 4.81. The Labute approximate surface area is 112 Å². The molecular formula is C16H17F2N. The number of rotatable bonds is 3. The zero-order valence-electron chi connectivity index (χ0n) is 11.3. The van der Waals surface area contributed by atoms with E-state index in [1.54, 1.807) is 0 Å². The fourth-order valence-electron chi connectivity index (χ4n) is 1.97. The molecule has 0 fully saturated rings. The summed E-state index contributed by atoms with van der Waals surface area (Å²) in [6.07, 6.45) is 0. The maximum absolute atomic E-state index is 13.6. The summed E-state index contributed by atoms with van der Waals surface area (Å²) in [4.78, 5) is 0. The van der Waals surface area contributed by atoms with Crippen LogP contribution in [-0.4, -0.2) is 0 Å². The maximum atomic E-state index is 13.6.